The van der Waals surface area contributed by atoms with Crippen molar-refractivity contribution in [2.45, 2.75) is 89.1 Å². The highest BCUT2D eigenvalue weighted by Crippen LogP contribution is 2.41. The predicted octanol–water partition coefficient (Wildman–Crippen LogP) is 5.52. The van der Waals surface area contributed by atoms with Crippen LogP contribution < -0.4 is 10.4 Å². The zero-order valence-electron chi connectivity index (χ0n) is 19.8. The second kappa shape index (κ2) is 9.05. The first-order valence-corrected chi connectivity index (χ1v) is 14.0. The van der Waals surface area contributed by atoms with Crippen LogP contribution in [-0.2, 0) is 4.43 Å². The van der Waals surface area contributed by atoms with Gasteiger partial charge in [-0.25, -0.2) is 0 Å². The Morgan fingerprint density at radius 1 is 0.903 bits per heavy atom. The van der Waals surface area contributed by atoms with Crippen LogP contribution in [0.25, 0.3) is 0 Å². The third-order valence-electron chi connectivity index (χ3n) is 7.65. The van der Waals surface area contributed by atoms with Gasteiger partial charge in [0, 0.05) is 18.1 Å². The quantitative estimate of drug-likeness (QED) is 0.454. The molecule has 2 aromatic rings. The Labute approximate surface area is 190 Å². The van der Waals surface area contributed by atoms with Crippen LogP contribution in [0.3, 0.4) is 0 Å². The lowest BCUT2D eigenvalue weighted by atomic mass is 9.84. The molecule has 0 saturated carbocycles. The van der Waals surface area contributed by atoms with Crippen LogP contribution >= 0.6 is 0 Å². The van der Waals surface area contributed by atoms with E-state index in [9.17, 15) is 0 Å². The summed E-state index contributed by atoms with van der Waals surface area (Å²) < 4.78 is 7.53. The maximum atomic E-state index is 7.53. The van der Waals surface area contributed by atoms with Gasteiger partial charge in [0.1, 0.15) is 0 Å². The Kier molecular flexibility index (Phi) is 6.57. The zero-order valence-corrected chi connectivity index (χ0v) is 20.8. The molecule has 0 amide bonds. The van der Waals surface area contributed by atoms with Crippen LogP contribution in [0.2, 0.25) is 5.04 Å². The molecule has 2 aromatic carbocycles. The van der Waals surface area contributed by atoms with Gasteiger partial charge in [-0.15, -0.1) is 6.58 Å². The van der Waals surface area contributed by atoms with E-state index >= 15 is 0 Å². The summed E-state index contributed by atoms with van der Waals surface area (Å²) in [5.74, 6) is 0. The summed E-state index contributed by atoms with van der Waals surface area (Å²) in [5, 5.41) is 2.77. The maximum absolute atomic E-state index is 7.53. The van der Waals surface area contributed by atoms with E-state index in [2.05, 4.69) is 106 Å². The monoisotopic (exact) mass is 433 g/mol. The van der Waals surface area contributed by atoms with Crippen molar-refractivity contribution in [3.8, 4) is 0 Å². The SMILES string of the molecule is C=C[C@H]1CCC[C@@H]2CC[C@@H](O[Si](c3ccccc3)(c3ccccc3)C(C)(C)C)[C@H](C)N21. The van der Waals surface area contributed by atoms with Crippen LogP contribution in [0.15, 0.2) is 73.3 Å². The van der Waals surface area contributed by atoms with Gasteiger partial charge in [-0.1, -0.05) is 93.9 Å². The topological polar surface area (TPSA) is 12.5 Å². The normalized spacial score (nSPS) is 27.5. The Morgan fingerprint density at radius 3 is 2.00 bits per heavy atom. The number of piperidine rings is 2. The highest BCUT2D eigenvalue weighted by molar-refractivity contribution is 6.99. The second-order valence-electron chi connectivity index (χ2n) is 10.5. The minimum absolute atomic E-state index is 0.0199. The number of rotatable bonds is 5. The molecule has 2 nitrogen and oxygen atoms in total. The molecule has 0 aromatic heterocycles. The van der Waals surface area contributed by atoms with Gasteiger partial charge in [-0.3, -0.25) is 4.90 Å². The summed E-state index contributed by atoms with van der Waals surface area (Å²) in [6.07, 6.45) is 8.67. The van der Waals surface area contributed by atoms with Crippen molar-refractivity contribution in [3.63, 3.8) is 0 Å². The first kappa shape index (κ1) is 22.5. The Morgan fingerprint density at radius 2 is 1.48 bits per heavy atom. The van der Waals surface area contributed by atoms with Crippen LogP contribution in [0.4, 0.5) is 0 Å². The van der Waals surface area contributed by atoms with E-state index in [4.69, 9.17) is 4.43 Å². The lowest BCUT2D eigenvalue weighted by Gasteiger charge is -2.54. The molecule has 4 atom stereocenters. The van der Waals surface area contributed by atoms with E-state index in [0.29, 0.717) is 18.1 Å². The molecular weight excluding hydrogens is 394 g/mol. The molecule has 0 bridgehead atoms. The van der Waals surface area contributed by atoms with Crippen LogP contribution in [0, 0.1) is 0 Å². The van der Waals surface area contributed by atoms with Crippen molar-refractivity contribution < 1.29 is 4.43 Å². The van der Waals surface area contributed by atoms with Gasteiger partial charge in [0.25, 0.3) is 8.32 Å². The standard InChI is InChI=1S/C28H39NOSi/c1-6-23-14-13-15-24-20-21-27(22(2)29(23)24)30-31(28(3,4)5,25-16-9-7-10-17-25)26-18-11-8-12-19-26/h6-12,16-19,22-24,27H,1,13-15,20-21H2,2-5H3/t22-,23-,24+,27+/m0/s1. The fraction of sp³-hybridized carbons (Fsp3) is 0.500. The fourth-order valence-electron chi connectivity index (χ4n) is 6.16. The largest absolute Gasteiger partial charge is 0.403 e. The molecule has 2 saturated heterocycles. The average Bonchev–Trinajstić information content (AvgIpc) is 2.78. The van der Waals surface area contributed by atoms with Crippen LogP contribution in [-0.4, -0.2) is 37.4 Å². The molecule has 2 fully saturated rings. The van der Waals surface area contributed by atoms with Crippen LogP contribution in [0.5, 0.6) is 0 Å². The van der Waals surface area contributed by atoms with E-state index in [1.54, 1.807) is 0 Å². The zero-order chi connectivity index (χ0) is 22.1. The lowest BCUT2D eigenvalue weighted by Crippen LogP contribution is -2.70. The minimum Gasteiger partial charge on any atom is -0.403 e. The van der Waals surface area contributed by atoms with Gasteiger partial charge in [-0.2, -0.15) is 0 Å². The molecule has 3 heteroatoms. The first-order valence-electron chi connectivity index (χ1n) is 12.1. The summed E-state index contributed by atoms with van der Waals surface area (Å²) in [6, 6.07) is 23.7. The molecule has 0 aliphatic carbocycles. The van der Waals surface area contributed by atoms with E-state index in [-0.39, 0.29) is 11.1 Å². The minimum atomic E-state index is -2.52. The lowest BCUT2D eigenvalue weighted by molar-refractivity contribution is -0.0392. The number of fused-ring (bicyclic) bond motifs is 1. The van der Waals surface area contributed by atoms with Crippen LogP contribution in [0.1, 0.15) is 59.8 Å². The highest BCUT2D eigenvalue weighted by Gasteiger charge is 2.53. The molecule has 4 rings (SSSR count). The third kappa shape index (κ3) is 4.08. The van der Waals surface area contributed by atoms with E-state index in [1.807, 2.05) is 0 Å². The molecular formula is C28H39NOSi. The van der Waals surface area contributed by atoms with Gasteiger partial charge in [0.2, 0.25) is 0 Å². The summed E-state index contributed by atoms with van der Waals surface area (Å²) in [7, 11) is -2.52. The molecule has 166 valence electrons. The average molecular weight is 434 g/mol. The number of hydrogen-bond donors (Lipinski definition) is 0. The maximum Gasteiger partial charge on any atom is 0.261 e. The fourth-order valence-corrected chi connectivity index (χ4v) is 10.9. The van der Waals surface area contributed by atoms with E-state index in [1.165, 1.54) is 36.1 Å². The predicted molar refractivity (Wildman–Crippen MR) is 135 cm³/mol. The third-order valence-corrected chi connectivity index (χ3v) is 12.7. The van der Waals surface area contributed by atoms with Gasteiger partial charge >= 0.3 is 0 Å². The van der Waals surface area contributed by atoms with E-state index < -0.39 is 8.32 Å². The van der Waals surface area contributed by atoms with Gasteiger partial charge in [0.15, 0.2) is 0 Å². The summed E-state index contributed by atoms with van der Waals surface area (Å²) >= 11 is 0. The number of hydrogen-bond acceptors (Lipinski definition) is 2. The molecule has 0 spiro atoms. The van der Waals surface area contributed by atoms with Crippen molar-refractivity contribution in [2.24, 2.45) is 0 Å². The number of benzene rings is 2. The summed E-state index contributed by atoms with van der Waals surface area (Å²) in [4.78, 5) is 2.74. The molecule has 31 heavy (non-hydrogen) atoms. The van der Waals surface area contributed by atoms with Gasteiger partial charge in [0.05, 0.1) is 6.10 Å². The Hall–Kier alpha value is -1.68. The summed E-state index contributed by atoms with van der Waals surface area (Å²) in [6.45, 7) is 13.7. The first-order chi connectivity index (χ1) is 14.9. The molecule has 0 N–H and O–H groups in total. The smallest absolute Gasteiger partial charge is 0.261 e. The van der Waals surface area contributed by atoms with Crippen molar-refractivity contribution in [1.29, 1.82) is 0 Å². The molecule has 2 aliphatic heterocycles. The molecule has 2 heterocycles. The summed E-state index contributed by atoms with van der Waals surface area (Å²) in [5.41, 5.74) is 0. The molecule has 2 aliphatic rings. The highest BCUT2D eigenvalue weighted by atomic mass is 28.4. The Balaban J connectivity index is 1.77. The van der Waals surface area contributed by atoms with Gasteiger partial charge in [-0.05, 0) is 48.0 Å². The van der Waals surface area contributed by atoms with Crippen molar-refractivity contribution in [3.05, 3.63) is 73.3 Å². The van der Waals surface area contributed by atoms with Crippen molar-refractivity contribution in [1.82, 2.24) is 4.90 Å². The van der Waals surface area contributed by atoms with Crippen molar-refractivity contribution in [2.75, 3.05) is 0 Å². The van der Waals surface area contributed by atoms with Gasteiger partial charge < -0.3 is 4.43 Å². The second-order valence-corrected chi connectivity index (χ2v) is 14.7. The van der Waals surface area contributed by atoms with E-state index in [0.717, 1.165) is 6.42 Å². The molecule has 0 radical (unpaired) electrons. The Bertz CT molecular complexity index is 820. The molecule has 0 unspecified atom stereocenters. The van der Waals surface area contributed by atoms with Crippen molar-refractivity contribution >= 4 is 18.7 Å². The number of nitrogens with zero attached hydrogens (tertiary/aromatic N) is 1.